The summed E-state index contributed by atoms with van der Waals surface area (Å²) in [7, 11) is -1.70. The van der Waals surface area contributed by atoms with E-state index in [-0.39, 0.29) is 11.1 Å². The molecule has 0 fully saturated rings. The summed E-state index contributed by atoms with van der Waals surface area (Å²) < 4.78 is 6.52. The minimum Gasteiger partial charge on any atom is -0.414 e. The summed E-state index contributed by atoms with van der Waals surface area (Å²) >= 11 is 0. The molecule has 0 N–H and O–H groups in total. The Morgan fingerprint density at radius 3 is 2.38 bits per heavy atom. The van der Waals surface area contributed by atoms with Gasteiger partial charge in [0.15, 0.2) is 8.32 Å². The molecule has 0 aromatic heterocycles. The van der Waals surface area contributed by atoms with Crippen LogP contribution in [0.4, 0.5) is 0 Å². The largest absolute Gasteiger partial charge is 0.414 e. The van der Waals surface area contributed by atoms with Crippen LogP contribution < -0.4 is 0 Å². The number of hydrogen-bond donors (Lipinski definition) is 0. The van der Waals surface area contributed by atoms with Gasteiger partial charge in [-0.3, -0.25) is 0 Å². The number of terminal acetylenes is 1. The van der Waals surface area contributed by atoms with Gasteiger partial charge in [0.25, 0.3) is 0 Å². The zero-order valence-electron chi connectivity index (χ0n) is 15.2. The molecule has 1 atom stereocenters. The van der Waals surface area contributed by atoms with E-state index >= 15 is 0 Å². The van der Waals surface area contributed by atoms with E-state index in [1.165, 1.54) is 25.7 Å². The van der Waals surface area contributed by atoms with E-state index in [0.717, 1.165) is 19.3 Å². The molecule has 0 unspecified atom stereocenters. The average Bonchev–Trinajstić information content (AvgIpc) is 2.38. The van der Waals surface area contributed by atoms with E-state index in [4.69, 9.17) is 10.8 Å². The highest BCUT2D eigenvalue weighted by Gasteiger charge is 2.38. The normalized spacial score (nSPS) is 14.3. The maximum Gasteiger partial charge on any atom is 0.192 e. The average molecular weight is 309 g/mol. The van der Waals surface area contributed by atoms with Gasteiger partial charge in [0.1, 0.15) is 0 Å². The molecule has 0 amide bonds. The van der Waals surface area contributed by atoms with Crippen molar-refractivity contribution < 1.29 is 4.43 Å². The van der Waals surface area contributed by atoms with Gasteiger partial charge < -0.3 is 4.43 Å². The summed E-state index contributed by atoms with van der Waals surface area (Å²) in [6, 6.07) is 0. The second kappa shape index (κ2) is 10.2. The van der Waals surface area contributed by atoms with Gasteiger partial charge in [0, 0.05) is 12.5 Å². The van der Waals surface area contributed by atoms with Crippen molar-refractivity contribution in [2.45, 2.75) is 96.9 Å². The minimum absolute atomic E-state index is 0.256. The highest BCUT2D eigenvalue weighted by molar-refractivity contribution is 6.74. The first-order chi connectivity index (χ1) is 9.74. The Bertz CT molecular complexity index is 330. The number of allylic oxidation sites excluding steroid dienone is 1. The molecule has 0 spiro atoms. The maximum atomic E-state index is 6.52. The molecule has 0 aromatic rings. The first-order valence-corrected chi connectivity index (χ1v) is 11.4. The zero-order valence-corrected chi connectivity index (χ0v) is 16.2. The number of rotatable bonds is 10. The molecule has 0 heterocycles. The van der Waals surface area contributed by atoms with Crippen molar-refractivity contribution in [3.05, 3.63) is 12.2 Å². The quantitative estimate of drug-likeness (QED) is 0.199. The van der Waals surface area contributed by atoms with Gasteiger partial charge in [-0.1, -0.05) is 52.7 Å². The maximum absolute atomic E-state index is 6.52. The smallest absolute Gasteiger partial charge is 0.192 e. The van der Waals surface area contributed by atoms with Gasteiger partial charge in [-0.25, -0.2) is 0 Å². The lowest BCUT2D eigenvalue weighted by Gasteiger charge is -2.39. The molecular formula is C19H36OSi. The zero-order chi connectivity index (χ0) is 16.4. The van der Waals surface area contributed by atoms with Crippen LogP contribution in [0.25, 0.3) is 0 Å². The molecule has 0 aliphatic heterocycles. The Morgan fingerprint density at radius 1 is 1.19 bits per heavy atom. The van der Waals surface area contributed by atoms with E-state index in [1.807, 2.05) is 0 Å². The van der Waals surface area contributed by atoms with Gasteiger partial charge in [0.2, 0.25) is 0 Å². The van der Waals surface area contributed by atoms with E-state index < -0.39 is 8.32 Å². The lowest BCUT2D eigenvalue weighted by molar-refractivity contribution is 0.175. The second-order valence-corrected chi connectivity index (χ2v) is 12.2. The Kier molecular flexibility index (Phi) is 9.99. The van der Waals surface area contributed by atoms with Crippen molar-refractivity contribution in [2.24, 2.45) is 0 Å². The third-order valence-electron chi connectivity index (χ3n) is 4.42. The minimum atomic E-state index is -1.70. The van der Waals surface area contributed by atoms with E-state index in [0.29, 0.717) is 0 Å². The van der Waals surface area contributed by atoms with Crippen LogP contribution in [-0.2, 0) is 4.43 Å². The van der Waals surface area contributed by atoms with Crippen LogP contribution in [0.2, 0.25) is 18.1 Å². The molecular weight excluding hydrogens is 272 g/mol. The van der Waals surface area contributed by atoms with Crippen LogP contribution in [0.5, 0.6) is 0 Å². The molecule has 122 valence electrons. The lowest BCUT2D eigenvalue weighted by atomic mass is 10.1. The second-order valence-electron chi connectivity index (χ2n) is 7.45. The summed E-state index contributed by atoms with van der Waals surface area (Å²) in [5.74, 6) is 2.75. The standard InChI is InChI=1S/C19H36OSi/c1-8-10-12-13-14-15-17-18(16-11-9-2)20-21(6,7)19(3,4)5/h2,14-15,18H,8,10-13,16-17H2,1,3-7H3/b15-14-/t18-/m0/s1. The van der Waals surface area contributed by atoms with Crippen LogP contribution in [0.15, 0.2) is 12.2 Å². The van der Waals surface area contributed by atoms with E-state index in [2.05, 4.69) is 58.9 Å². The van der Waals surface area contributed by atoms with Gasteiger partial charge in [-0.2, -0.15) is 0 Å². The summed E-state index contributed by atoms with van der Waals surface area (Å²) in [6.07, 6.45) is 18.2. The van der Waals surface area contributed by atoms with E-state index in [1.54, 1.807) is 0 Å². The van der Waals surface area contributed by atoms with Crippen LogP contribution in [-0.4, -0.2) is 14.4 Å². The molecule has 2 heteroatoms. The van der Waals surface area contributed by atoms with Gasteiger partial charge in [-0.05, 0) is 43.8 Å². The van der Waals surface area contributed by atoms with Crippen molar-refractivity contribution in [1.82, 2.24) is 0 Å². The Morgan fingerprint density at radius 2 is 1.86 bits per heavy atom. The summed E-state index contributed by atoms with van der Waals surface area (Å²) in [5.41, 5.74) is 0. The molecule has 0 aliphatic rings. The summed E-state index contributed by atoms with van der Waals surface area (Å²) in [6.45, 7) is 13.8. The molecule has 0 bridgehead atoms. The topological polar surface area (TPSA) is 9.23 Å². The van der Waals surface area contributed by atoms with Crippen molar-refractivity contribution >= 4 is 8.32 Å². The van der Waals surface area contributed by atoms with Crippen LogP contribution in [0.3, 0.4) is 0 Å². The highest BCUT2D eigenvalue weighted by atomic mass is 28.4. The number of unbranched alkanes of at least 4 members (excludes halogenated alkanes) is 3. The first-order valence-electron chi connectivity index (χ1n) is 8.51. The number of hydrogen-bond acceptors (Lipinski definition) is 1. The molecule has 0 saturated heterocycles. The monoisotopic (exact) mass is 308 g/mol. The fourth-order valence-corrected chi connectivity index (χ4v) is 3.34. The van der Waals surface area contributed by atoms with E-state index in [9.17, 15) is 0 Å². The van der Waals surface area contributed by atoms with Crippen LogP contribution in [0, 0.1) is 12.3 Å². The van der Waals surface area contributed by atoms with Gasteiger partial charge in [-0.15, -0.1) is 12.3 Å². The fourth-order valence-electron chi connectivity index (χ4n) is 1.94. The molecule has 0 rings (SSSR count). The first kappa shape index (κ1) is 20.5. The Balaban J connectivity index is 4.42. The van der Waals surface area contributed by atoms with Crippen LogP contribution >= 0.6 is 0 Å². The Hall–Kier alpha value is -0.523. The highest BCUT2D eigenvalue weighted by Crippen LogP contribution is 2.38. The molecule has 0 saturated carbocycles. The van der Waals surface area contributed by atoms with Crippen molar-refractivity contribution in [3.63, 3.8) is 0 Å². The summed E-state index contributed by atoms with van der Waals surface area (Å²) in [4.78, 5) is 0. The van der Waals surface area contributed by atoms with Crippen molar-refractivity contribution in [3.8, 4) is 12.3 Å². The Labute approximate surface area is 134 Å². The predicted molar refractivity (Wildman–Crippen MR) is 98.0 cm³/mol. The SMILES string of the molecule is C#CCC[C@@H](C/C=C\CCCCC)O[Si](C)(C)C(C)(C)C. The van der Waals surface area contributed by atoms with Crippen molar-refractivity contribution in [2.75, 3.05) is 0 Å². The third-order valence-corrected chi connectivity index (χ3v) is 8.95. The molecule has 21 heavy (non-hydrogen) atoms. The van der Waals surface area contributed by atoms with Gasteiger partial charge >= 0.3 is 0 Å². The molecule has 0 radical (unpaired) electrons. The molecule has 1 nitrogen and oxygen atoms in total. The van der Waals surface area contributed by atoms with Gasteiger partial charge in [0.05, 0.1) is 0 Å². The predicted octanol–water partition coefficient (Wildman–Crippen LogP) is 6.32. The molecule has 0 aliphatic carbocycles. The van der Waals surface area contributed by atoms with Crippen molar-refractivity contribution in [1.29, 1.82) is 0 Å². The van der Waals surface area contributed by atoms with Crippen LogP contribution in [0.1, 0.15) is 72.6 Å². The molecule has 0 aromatic carbocycles. The third kappa shape index (κ3) is 9.17. The summed E-state index contributed by atoms with van der Waals surface area (Å²) in [5, 5.41) is 0.256. The lowest BCUT2D eigenvalue weighted by Crippen LogP contribution is -2.43. The fraction of sp³-hybridized carbons (Fsp3) is 0.789.